The summed E-state index contributed by atoms with van der Waals surface area (Å²) in [5, 5.41) is 8.87. The molecule has 4 heteroatoms. The van der Waals surface area contributed by atoms with Gasteiger partial charge in [-0.05, 0) is 32.8 Å². The second kappa shape index (κ2) is 5.70. The number of aryl methyl sites for hydroxylation is 1. The lowest BCUT2D eigenvalue weighted by atomic mass is 10.2. The Bertz CT molecular complexity index is 339. The van der Waals surface area contributed by atoms with E-state index in [9.17, 15) is 0 Å². The normalized spacial score (nSPS) is 10.8. The fourth-order valence-corrected chi connectivity index (χ4v) is 1.56. The quantitative estimate of drug-likeness (QED) is 0.795. The average Bonchev–Trinajstić information content (AvgIpc) is 2.23. The molecule has 0 aliphatic rings. The van der Waals surface area contributed by atoms with Crippen LogP contribution in [-0.2, 0) is 0 Å². The summed E-state index contributed by atoms with van der Waals surface area (Å²) in [6.45, 7) is 7.15. The average molecular weight is 223 g/mol. The minimum atomic E-state index is 0.199. The first kappa shape index (κ1) is 12.8. The highest BCUT2D eigenvalue weighted by molar-refractivity contribution is 5.55. The van der Waals surface area contributed by atoms with Crippen LogP contribution in [-0.4, -0.2) is 29.3 Å². The molecule has 16 heavy (non-hydrogen) atoms. The largest absolute Gasteiger partial charge is 0.398 e. The SMILES string of the molecule is Cc1cnc(N(CCCO)C(C)C)cc1N. The summed E-state index contributed by atoms with van der Waals surface area (Å²) < 4.78 is 0. The van der Waals surface area contributed by atoms with Gasteiger partial charge in [0.2, 0.25) is 0 Å². The van der Waals surface area contributed by atoms with E-state index < -0.39 is 0 Å². The summed E-state index contributed by atoms with van der Waals surface area (Å²) in [7, 11) is 0. The predicted molar refractivity (Wildman–Crippen MR) is 67.6 cm³/mol. The van der Waals surface area contributed by atoms with Crippen LogP contribution in [0.2, 0.25) is 0 Å². The highest BCUT2D eigenvalue weighted by Crippen LogP contribution is 2.19. The van der Waals surface area contributed by atoms with Crippen molar-refractivity contribution in [3.8, 4) is 0 Å². The second-order valence-corrected chi connectivity index (χ2v) is 4.26. The van der Waals surface area contributed by atoms with Gasteiger partial charge in [-0.1, -0.05) is 0 Å². The minimum Gasteiger partial charge on any atom is -0.398 e. The Kier molecular flexibility index (Phi) is 4.55. The molecule has 0 aliphatic heterocycles. The number of hydrogen-bond donors (Lipinski definition) is 2. The summed E-state index contributed by atoms with van der Waals surface area (Å²) in [5.41, 5.74) is 7.63. The summed E-state index contributed by atoms with van der Waals surface area (Å²) >= 11 is 0. The lowest BCUT2D eigenvalue weighted by molar-refractivity contribution is 0.288. The van der Waals surface area contributed by atoms with Crippen LogP contribution in [0.25, 0.3) is 0 Å². The molecule has 0 saturated heterocycles. The van der Waals surface area contributed by atoms with E-state index in [1.165, 1.54) is 0 Å². The number of aliphatic hydroxyl groups is 1. The van der Waals surface area contributed by atoms with Crippen molar-refractivity contribution < 1.29 is 5.11 Å². The van der Waals surface area contributed by atoms with Crippen LogP contribution < -0.4 is 10.6 Å². The van der Waals surface area contributed by atoms with E-state index in [0.717, 1.165) is 30.0 Å². The first-order valence-corrected chi connectivity index (χ1v) is 5.66. The van der Waals surface area contributed by atoms with Crippen molar-refractivity contribution in [2.24, 2.45) is 0 Å². The molecule has 0 unspecified atom stereocenters. The van der Waals surface area contributed by atoms with Gasteiger partial charge in [-0.2, -0.15) is 0 Å². The molecule has 4 nitrogen and oxygen atoms in total. The fraction of sp³-hybridized carbons (Fsp3) is 0.583. The lowest BCUT2D eigenvalue weighted by Crippen LogP contribution is -2.33. The second-order valence-electron chi connectivity index (χ2n) is 4.26. The molecule has 0 spiro atoms. The van der Waals surface area contributed by atoms with Crippen LogP contribution in [0.5, 0.6) is 0 Å². The summed E-state index contributed by atoms with van der Waals surface area (Å²) in [6.07, 6.45) is 2.53. The van der Waals surface area contributed by atoms with E-state index in [0.29, 0.717) is 6.04 Å². The van der Waals surface area contributed by atoms with Gasteiger partial charge in [-0.15, -0.1) is 0 Å². The topological polar surface area (TPSA) is 62.4 Å². The molecule has 0 radical (unpaired) electrons. The molecule has 0 fully saturated rings. The maximum Gasteiger partial charge on any atom is 0.130 e. The molecule has 0 bridgehead atoms. The van der Waals surface area contributed by atoms with E-state index in [-0.39, 0.29) is 6.61 Å². The Balaban J connectivity index is 2.88. The van der Waals surface area contributed by atoms with Gasteiger partial charge in [0.05, 0.1) is 0 Å². The van der Waals surface area contributed by atoms with Crippen LogP contribution in [0.4, 0.5) is 11.5 Å². The lowest BCUT2D eigenvalue weighted by Gasteiger charge is -2.28. The Morgan fingerprint density at radius 1 is 1.50 bits per heavy atom. The Hall–Kier alpha value is -1.29. The van der Waals surface area contributed by atoms with E-state index >= 15 is 0 Å². The van der Waals surface area contributed by atoms with Crippen molar-refractivity contribution in [2.75, 3.05) is 23.8 Å². The third kappa shape index (κ3) is 3.10. The number of pyridine rings is 1. The number of rotatable bonds is 5. The Morgan fingerprint density at radius 3 is 2.69 bits per heavy atom. The van der Waals surface area contributed by atoms with Gasteiger partial charge in [-0.3, -0.25) is 0 Å². The number of nitrogens with two attached hydrogens (primary N) is 1. The van der Waals surface area contributed by atoms with Crippen LogP contribution in [0.3, 0.4) is 0 Å². The molecule has 0 atom stereocenters. The van der Waals surface area contributed by atoms with Crippen molar-refractivity contribution in [1.82, 2.24) is 4.98 Å². The molecular formula is C12H21N3O. The molecule has 1 rings (SSSR count). The molecule has 0 amide bonds. The van der Waals surface area contributed by atoms with Gasteiger partial charge in [0.15, 0.2) is 0 Å². The first-order chi connectivity index (χ1) is 7.56. The van der Waals surface area contributed by atoms with Crippen molar-refractivity contribution in [3.63, 3.8) is 0 Å². The molecule has 0 saturated carbocycles. The van der Waals surface area contributed by atoms with Crippen LogP contribution in [0.15, 0.2) is 12.3 Å². The first-order valence-electron chi connectivity index (χ1n) is 5.66. The van der Waals surface area contributed by atoms with Crippen LogP contribution in [0, 0.1) is 6.92 Å². The summed E-state index contributed by atoms with van der Waals surface area (Å²) in [6, 6.07) is 2.24. The zero-order valence-electron chi connectivity index (χ0n) is 10.3. The molecule has 90 valence electrons. The van der Waals surface area contributed by atoms with Gasteiger partial charge in [0, 0.05) is 37.1 Å². The standard InChI is InChI=1S/C12H21N3O/c1-9(2)15(5-4-6-16)12-7-11(13)10(3)8-14-12/h7-9,16H,4-6H2,1-3H3,(H2,13,14). The smallest absolute Gasteiger partial charge is 0.130 e. The van der Waals surface area contributed by atoms with Crippen molar-refractivity contribution in [1.29, 1.82) is 0 Å². The molecule has 1 aromatic heterocycles. The Labute approximate surface area is 97.1 Å². The number of nitrogens with zero attached hydrogens (tertiary/aromatic N) is 2. The minimum absolute atomic E-state index is 0.199. The molecule has 3 N–H and O–H groups in total. The number of aromatic nitrogens is 1. The van der Waals surface area contributed by atoms with Gasteiger partial charge >= 0.3 is 0 Å². The van der Waals surface area contributed by atoms with Crippen molar-refractivity contribution in [3.05, 3.63) is 17.8 Å². The van der Waals surface area contributed by atoms with Crippen LogP contribution in [0.1, 0.15) is 25.8 Å². The number of nitrogen functional groups attached to an aromatic ring is 1. The monoisotopic (exact) mass is 223 g/mol. The highest BCUT2D eigenvalue weighted by atomic mass is 16.3. The maximum atomic E-state index is 8.87. The van der Waals surface area contributed by atoms with E-state index in [1.807, 2.05) is 13.0 Å². The zero-order valence-corrected chi connectivity index (χ0v) is 10.3. The van der Waals surface area contributed by atoms with Gasteiger partial charge in [0.1, 0.15) is 5.82 Å². The van der Waals surface area contributed by atoms with Crippen molar-refractivity contribution in [2.45, 2.75) is 33.2 Å². The zero-order chi connectivity index (χ0) is 12.1. The number of hydrogen-bond acceptors (Lipinski definition) is 4. The van der Waals surface area contributed by atoms with Crippen molar-refractivity contribution >= 4 is 11.5 Å². The van der Waals surface area contributed by atoms with Crippen LogP contribution >= 0.6 is 0 Å². The molecule has 0 aromatic carbocycles. The predicted octanol–water partition coefficient (Wildman–Crippen LogP) is 1.57. The third-order valence-electron chi connectivity index (χ3n) is 2.61. The number of anilines is 2. The highest BCUT2D eigenvalue weighted by Gasteiger charge is 2.12. The molecular weight excluding hydrogens is 202 g/mol. The third-order valence-corrected chi connectivity index (χ3v) is 2.61. The molecule has 1 heterocycles. The van der Waals surface area contributed by atoms with Gasteiger partial charge < -0.3 is 15.7 Å². The van der Waals surface area contributed by atoms with E-state index in [4.69, 9.17) is 10.8 Å². The van der Waals surface area contributed by atoms with E-state index in [2.05, 4.69) is 23.7 Å². The van der Waals surface area contributed by atoms with Gasteiger partial charge in [-0.25, -0.2) is 4.98 Å². The Morgan fingerprint density at radius 2 is 2.19 bits per heavy atom. The molecule has 0 aliphatic carbocycles. The maximum absolute atomic E-state index is 8.87. The molecule has 1 aromatic rings. The van der Waals surface area contributed by atoms with Gasteiger partial charge in [0.25, 0.3) is 0 Å². The fourth-order valence-electron chi connectivity index (χ4n) is 1.56. The van der Waals surface area contributed by atoms with E-state index in [1.54, 1.807) is 6.20 Å². The summed E-state index contributed by atoms with van der Waals surface area (Å²) in [5.74, 6) is 0.881. The summed E-state index contributed by atoms with van der Waals surface area (Å²) in [4.78, 5) is 6.52. The number of aliphatic hydroxyl groups excluding tert-OH is 1.